The maximum atomic E-state index is 10.6. The van der Waals surface area contributed by atoms with Gasteiger partial charge in [-0.25, -0.2) is 4.79 Å². The van der Waals surface area contributed by atoms with Gasteiger partial charge >= 0.3 is 5.97 Å². The van der Waals surface area contributed by atoms with Crippen molar-refractivity contribution in [3.63, 3.8) is 0 Å². The second kappa shape index (κ2) is 3.79. The van der Waals surface area contributed by atoms with Crippen molar-refractivity contribution in [2.75, 3.05) is 19.0 Å². The lowest BCUT2D eigenvalue weighted by atomic mass is 10.2. The highest BCUT2D eigenvalue weighted by Crippen LogP contribution is 2.25. The fourth-order valence-corrected chi connectivity index (χ4v) is 1.74. The topological polar surface area (TPSA) is 40.5 Å². The zero-order valence-electron chi connectivity index (χ0n) is 7.41. The van der Waals surface area contributed by atoms with E-state index in [1.807, 2.05) is 19.0 Å². The molecule has 70 valence electrons. The molecule has 0 bridgehead atoms. The van der Waals surface area contributed by atoms with Crippen LogP contribution in [0.25, 0.3) is 0 Å². The van der Waals surface area contributed by atoms with Gasteiger partial charge in [0.2, 0.25) is 0 Å². The summed E-state index contributed by atoms with van der Waals surface area (Å²) in [5, 5.41) is 8.70. The van der Waals surface area contributed by atoms with Crippen LogP contribution in [0.15, 0.2) is 22.7 Å². The lowest BCUT2D eigenvalue weighted by molar-refractivity contribution is 0.0697. The third-order valence-electron chi connectivity index (χ3n) is 1.68. The van der Waals surface area contributed by atoms with E-state index in [-0.39, 0.29) is 5.56 Å². The molecule has 0 aliphatic carbocycles. The molecule has 0 saturated heterocycles. The summed E-state index contributed by atoms with van der Waals surface area (Å²) in [4.78, 5) is 12.5. The van der Waals surface area contributed by atoms with E-state index in [9.17, 15) is 4.79 Å². The third-order valence-corrected chi connectivity index (χ3v) is 2.31. The summed E-state index contributed by atoms with van der Waals surface area (Å²) in [6.45, 7) is 0. The predicted octanol–water partition coefficient (Wildman–Crippen LogP) is 2.21. The van der Waals surface area contributed by atoms with Gasteiger partial charge in [0.15, 0.2) is 0 Å². The number of hydrogen-bond acceptors (Lipinski definition) is 2. The number of halogens is 1. The van der Waals surface area contributed by atoms with Gasteiger partial charge in [0.05, 0.1) is 11.3 Å². The summed E-state index contributed by atoms with van der Waals surface area (Å²) in [5.41, 5.74) is 1.25. The van der Waals surface area contributed by atoms with Crippen LogP contribution >= 0.6 is 15.9 Å². The fourth-order valence-electron chi connectivity index (χ4n) is 1.00. The zero-order chi connectivity index (χ0) is 10.0. The molecule has 0 fully saturated rings. The van der Waals surface area contributed by atoms with Crippen molar-refractivity contribution >= 4 is 27.6 Å². The molecule has 13 heavy (non-hydrogen) atoms. The van der Waals surface area contributed by atoms with E-state index in [4.69, 9.17) is 5.11 Å². The Kier molecular flexibility index (Phi) is 2.93. The number of benzene rings is 1. The Morgan fingerprint density at radius 2 is 2.08 bits per heavy atom. The Balaban J connectivity index is 3.13. The van der Waals surface area contributed by atoms with Crippen LogP contribution in [0.1, 0.15) is 10.4 Å². The Morgan fingerprint density at radius 3 is 2.46 bits per heavy atom. The van der Waals surface area contributed by atoms with Gasteiger partial charge < -0.3 is 10.0 Å². The quantitative estimate of drug-likeness (QED) is 0.867. The summed E-state index contributed by atoms with van der Waals surface area (Å²) in [5.74, 6) is -0.911. The summed E-state index contributed by atoms with van der Waals surface area (Å²) in [6.07, 6.45) is 0. The maximum absolute atomic E-state index is 10.6. The van der Waals surface area contributed by atoms with E-state index in [2.05, 4.69) is 15.9 Å². The highest BCUT2D eigenvalue weighted by Gasteiger charge is 2.07. The summed E-state index contributed by atoms with van der Waals surface area (Å²) in [6, 6.07) is 4.95. The SMILES string of the molecule is CN(C)c1ccc(C(=O)O)cc1Br. The van der Waals surface area contributed by atoms with E-state index in [0.717, 1.165) is 10.2 Å². The molecular weight excluding hydrogens is 234 g/mol. The average Bonchev–Trinajstić information content (AvgIpc) is 2.03. The van der Waals surface area contributed by atoms with Crippen LogP contribution in [0.3, 0.4) is 0 Å². The number of rotatable bonds is 2. The molecule has 0 amide bonds. The monoisotopic (exact) mass is 243 g/mol. The molecule has 0 spiro atoms. The summed E-state index contributed by atoms with van der Waals surface area (Å²) in [7, 11) is 3.81. The zero-order valence-corrected chi connectivity index (χ0v) is 9.00. The smallest absolute Gasteiger partial charge is 0.335 e. The van der Waals surface area contributed by atoms with Gasteiger partial charge in [0.25, 0.3) is 0 Å². The molecule has 3 nitrogen and oxygen atoms in total. The van der Waals surface area contributed by atoms with E-state index in [1.165, 1.54) is 0 Å². The molecule has 0 saturated carbocycles. The fraction of sp³-hybridized carbons (Fsp3) is 0.222. The van der Waals surface area contributed by atoms with E-state index >= 15 is 0 Å². The van der Waals surface area contributed by atoms with E-state index < -0.39 is 5.97 Å². The van der Waals surface area contributed by atoms with Gasteiger partial charge in [-0.05, 0) is 34.1 Å². The van der Waals surface area contributed by atoms with Gasteiger partial charge in [-0.2, -0.15) is 0 Å². The number of hydrogen-bond donors (Lipinski definition) is 1. The minimum absolute atomic E-state index is 0.289. The molecule has 1 aromatic rings. The molecule has 0 atom stereocenters. The van der Waals surface area contributed by atoms with Crippen LogP contribution in [-0.2, 0) is 0 Å². The lowest BCUT2D eigenvalue weighted by Crippen LogP contribution is -2.09. The van der Waals surface area contributed by atoms with Crippen LogP contribution < -0.4 is 4.90 Å². The number of anilines is 1. The molecular formula is C9H10BrNO2. The van der Waals surface area contributed by atoms with Crippen LogP contribution in [0, 0.1) is 0 Å². The molecule has 4 heteroatoms. The van der Waals surface area contributed by atoms with Crippen LogP contribution in [0.5, 0.6) is 0 Å². The normalized spacial score (nSPS) is 9.77. The lowest BCUT2D eigenvalue weighted by Gasteiger charge is -2.14. The van der Waals surface area contributed by atoms with Crippen molar-refractivity contribution in [1.29, 1.82) is 0 Å². The Labute approximate surface area is 85.1 Å². The molecule has 0 aromatic heterocycles. The number of aromatic carboxylic acids is 1. The Bertz CT molecular complexity index is 336. The highest BCUT2D eigenvalue weighted by molar-refractivity contribution is 9.10. The molecule has 0 unspecified atom stereocenters. The second-order valence-electron chi connectivity index (χ2n) is 2.87. The molecule has 0 heterocycles. The molecule has 0 radical (unpaired) electrons. The maximum Gasteiger partial charge on any atom is 0.335 e. The summed E-state index contributed by atoms with van der Waals surface area (Å²) >= 11 is 3.31. The Morgan fingerprint density at radius 1 is 1.46 bits per heavy atom. The summed E-state index contributed by atoms with van der Waals surface area (Å²) < 4.78 is 0.789. The largest absolute Gasteiger partial charge is 0.478 e. The van der Waals surface area contributed by atoms with Gasteiger partial charge in [-0.1, -0.05) is 0 Å². The van der Waals surface area contributed by atoms with Gasteiger partial charge in [-0.15, -0.1) is 0 Å². The van der Waals surface area contributed by atoms with Gasteiger partial charge in [-0.3, -0.25) is 0 Å². The van der Waals surface area contributed by atoms with E-state index in [0.29, 0.717) is 0 Å². The standard InChI is InChI=1S/C9H10BrNO2/c1-11(2)8-4-3-6(9(12)13)5-7(8)10/h3-5H,1-2H3,(H,12,13). The van der Waals surface area contributed by atoms with Gasteiger partial charge in [0.1, 0.15) is 0 Å². The van der Waals surface area contributed by atoms with Crippen molar-refractivity contribution in [3.05, 3.63) is 28.2 Å². The molecule has 0 aliphatic rings. The molecule has 1 aromatic carbocycles. The van der Waals surface area contributed by atoms with Crippen LogP contribution in [-0.4, -0.2) is 25.2 Å². The average molecular weight is 244 g/mol. The molecule has 1 rings (SSSR count). The predicted molar refractivity (Wildman–Crippen MR) is 55.4 cm³/mol. The number of carboxylic acid groups (broad SMARTS) is 1. The van der Waals surface area contributed by atoms with Crippen LogP contribution in [0.4, 0.5) is 5.69 Å². The third kappa shape index (κ3) is 2.21. The Hall–Kier alpha value is -1.03. The first kappa shape index (κ1) is 10.1. The second-order valence-corrected chi connectivity index (χ2v) is 3.72. The highest BCUT2D eigenvalue weighted by atomic mass is 79.9. The van der Waals surface area contributed by atoms with Crippen molar-refractivity contribution in [3.8, 4) is 0 Å². The number of carbonyl (C=O) groups is 1. The van der Waals surface area contributed by atoms with Gasteiger partial charge in [0, 0.05) is 18.6 Å². The minimum Gasteiger partial charge on any atom is -0.478 e. The number of nitrogens with zero attached hydrogens (tertiary/aromatic N) is 1. The van der Waals surface area contributed by atoms with Crippen molar-refractivity contribution in [2.24, 2.45) is 0 Å². The van der Waals surface area contributed by atoms with E-state index in [1.54, 1.807) is 18.2 Å². The van der Waals surface area contributed by atoms with Crippen molar-refractivity contribution < 1.29 is 9.90 Å². The first-order valence-corrected chi connectivity index (χ1v) is 4.52. The first-order chi connectivity index (χ1) is 6.02. The molecule has 0 aliphatic heterocycles. The number of carboxylic acids is 1. The van der Waals surface area contributed by atoms with Crippen molar-refractivity contribution in [2.45, 2.75) is 0 Å². The van der Waals surface area contributed by atoms with Crippen molar-refractivity contribution in [1.82, 2.24) is 0 Å². The molecule has 1 N–H and O–H groups in total. The first-order valence-electron chi connectivity index (χ1n) is 3.72. The minimum atomic E-state index is -0.911. The van der Waals surface area contributed by atoms with Crippen LogP contribution in [0.2, 0.25) is 0 Å².